The zero-order valence-corrected chi connectivity index (χ0v) is 14.1. The van der Waals surface area contributed by atoms with Gasteiger partial charge in [0.1, 0.15) is 13.2 Å². The molecule has 2 aliphatic heterocycles. The molecule has 1 saturated heterocycles. The highest BCUT2D eigenvalue weighted by Crippen LogP contribution is 2.38. The lowest BCUT2D eigenvalue weighted by atomic mass is 10.0. The summed E-state index contributed by atoms with van der Waals surface area (Å²) in [6.07, 6.45) is 5.59. The van der Waals surface area contributed by atoms with Gasteiger partial charge in [0.25, 0.3) is 0 Å². The predicted molar refractivity (Wildman–Crippen MR) is 94.5 cm³/mol. The van der Waals surface area contributed by atoms with E-state index >= 15 is 0 Å². The Morgan fingerprint density at radius 1 is 1.21 bits per heavy atom. The average Bonchev–Trinajstić information content (AvgIpc) is 3.31. The number of rotatable bonds is 3. The lowest BCUT2D eigenvalue weighted by molar-refractivity contribution is -0.126. The van der Waals surface area contributed by atoms with Crippen molar-refractivity contribution in [3.63, 3.8) is 0 Å². The highest BCUT2D eigenvalue weighted by Gasteiger charge is 2.29. The van der Waals surface area contributed by atoms with E-state index in [1.165, 1.54) is 0 Å². The van der Waals surface area contributed by atoms with E-state index in [9.17, 15) is 4.79 Å². The second-order valence-electron chi connectivity index (χ2n) is 5.94. The van der Waals surface area contributed by atoms with Crippen LogP contribution in [0.5, 0.6) is 11.5 Å². The first-order valence-electron chi connectivity index (χ1n) is 8.23. The summed E-state index contributed by atoms with van der Waals surface area (Å²) in [7, 11) is 0. The standard InChI is InChI=1S/C19H19NO3S/c21-19(8-6-15-3-2-12-24-15)20-9-1-4-16(20)14-5-7-17-18(13-14)23-11-10-22-17/h2-3,5-8,12-13,16H,1,4,9-11H2. The number of likely N-dealkylation sites (tertiary alicyclic amines) is 1. The molecule has 2 aromatic rings. The van der Waals surface area contributed by atoms with Crippen LogP contribution >= 0.6 is 11.3 Å². The number of benzene rings is 1. The van der Waals surface area contributed by atoms with Gasteiger partial charge in [-0.25, -0.2) is 0 Å². The van der Waals surface area contributed by atoms with Crippen molar-refractivity contribution >= 4 is 23.3 Å². The molecule has 0 saturated carbocycles. The van der Waals surface area contributed by atoms with Crippen LogP contribution in [0, 0.1) is 0 Å². The van der Waals surface area contributed by atoms with Crippen molar-refractivity contribution in [2.75, 3.05) is 19.8 Å². The Kier molecular flexibility index (Phi) is 4.26. The molecular formula is C19H19NO3S. The van der Waals surface area contributed by atoms with E-state index in [1.807, 2.05) is 46.7 Å². The molecule has 1 aromatic heterocycles. The van der Waals surface area contributed by atoms with Gasteiger partial charge in [0.15, 0.2) is 11.5 Å². The van der Waals surface area contributed by atoms with Gasteiger partial charge in [0.2, 0.25) is 5.91 Å². The van der Waals surface area contributed by atoms with Gasteiger partial charge in [-0.3, -0.25) is 4.79 Å². The molecule has 1 fully saturated rings. The molecule has 24 heavy (non-hydrogen) atoms. The second-order valence-corrected chi connectivity index (χ2v) is 6.92. The van der Waals surface area contributed by atoms with Crippen LogP contribution in [-0.2, 0) is 4.79 Å². The van der Waals surface area contributed by atoms with Crippen molar-refractivity contribution in [1.82, 2.24) is 4.90 Å². The molecule has 124 valence electrons. The molecule has 2 aliphatic rings. The van der Waals surface area contributed by atoms with Gasteiger partial charge in [0.05, 0.1) is 6.04 Å². The summed E-state index contributed by atoms with van der Waals surface area (Å²) in [4.78, 5) is 15.7. The van der Waals surface area contributed by atoms with Crippen molar-refractivity contribution in [2.45, 2.75) is 18.9 Å². The Morgan fingerprint density at radius 2 is 2.08 bits per heavy atom. The highest BCUT2D eigenvalue weighted by atomic mass is 32.1. The molecule has 1 amide bonds. The first-order valence-corrected chi connectivity index (χ1v) is 9.11. The predicted octanol–water partition coefficient (Wildman–Crippen LogP) is 3.90. The van der Waals surface area contributed by atoms with Crippen molar-refractivity contribution in [1.29, 1.82) is 0 Å². The van der Waals surface area contributed by atoms with Crippen molar-refractivity contribution < 1.29 is 14.3 Å². The van der Waals surface area contributed by atoms with Crippen molar-refractivity contribution in [3.8, 4) is 11.5 Å². The number of carbonyl (C=O) groups excluding carboxylic acids is 1. The van der Waals surface area contributed by atoms with Crippen LogP contribution in [0.4, 0.5) is 0 Å². The summed E-state index contributed by atoms with van der Waals surface area (Å²) in [6.45, 7) is 1.97. The molecule has 4 rings (SSSR count). The monoisotopic (exact) mass is 341 g/mol. The summed E-state index contributed by atoms with van der Waals surface area (Å²) in [5.74, 6) is 1.64. The summed E-state index contributed by atoms with van der Waals surface area (Å²) >= 11 is 1.63. The third-order valence-corrected chi connectivity index (χ3v) is 5.26. The van der Waals surface area contributed by atoms with Crippen LogP contribution in [0.15, 0.2) is 41.8 Å². The second kappa shape index (κ2) is 6.69. The molecule has 0 aliphatic carbocycles. The maximum absolute atomic E-state index is 12.6. The number of carbonyl (C=O) groups is 1. The zero-order valence-electron chi connectivity index (χ0n) is 13.3. The van der Waals surface area contributed by atoms with E-state index in [4.69, 9.17) is 9.47 Å². The summed E-state index contributed by atoms with van der Waals surface area (Å²) in [5.41, 5.74) is 1.12. The van der Waals surface area contributed by atoms with Gasteiger partial charge in [0, 0.05) is 17.5 Å². The first-order chi connectivity index (χ1) is 11.8. The molecule has 0 N–H and O–H groups in total. The van der Waals surface area contributed by atoms with Crippen LogP contribution in [0.1, 0.15) is 29.3 Å². The fraction of sp³-hybridized carbons (Fsp3) is 0.316. The molecule has 5 heteroatoms. The molecule has 0 radical (unpaired) electrons. The molecular weight excluding hydrogens is 322 g/mol. The molecule has 1 unspecified atom stereocenters. The van der Waals surface area contributed by atoms with Crippen LogP contribution in [0.2, 0.25) is 0 Å². The Hall–Kier alpha value is -2.27. The molecule has 0 bridgehead atoms. The number of hydrogen-bond donors (Lipinski definition) is 0. The van der Waals surface area contributed by atoms with Crippen LogP contribution < -0.4 is 9.47 Å². The number of fused-ring (bicyclic) bond motifs is 1. The summed E-state index contributed by atoms with van der Waals surface area (Å²) in [6, 6.07) is 10.1. The average molecular weight is 341 g/mol. The Balaban J connectivity index is 1.53. The third-order valence-electron chi connectivity index (χ3n) is 4.42. The van der Waals surface area contributed by atoms with Gasteiger partial charge in [-0.15, -0.1) is 11.3 Å². The minimum Gasteiger partial charge on any atom is -0.486 e. The lowest BCUT2D eigenvalue weighted by Crippen LogP contribution is -2.29. The topological polar surface area (TPSA) is 38.8 Å². The van der Waals surface area contributed by atoms with Crippen molar-refractivity contribution in [3.05, 3.63) is 52.2 Å². The van der Waals surface area contributed by atoms with Crippen molar-refractivity contribution in [2.24, 2.45) is 0 Å². The van der Waals surface area contributed by atoms with Gasteiger partial charge in [-0.2, -0.15) is 0 Å². The van der Waals surface area contributed by atoms with E-state index in [0.29, 0.717) is 13.2 Å². The number of thiophene rings is 1. The molecule has 1 atom stereocenters. The van der Waals surface area contributed by atoms with Gasteiger partial charge in [-0.05, 0) is 48.1 Å². The summed E-state index contributed by atoms with van der Waals surface area (Å²) < 4.78 is 11.3. The minimum atomic E-state index is 0.0702. The van der Waals surface area contributed by atoms with E-state index in [1.54, 1.807) is 17.4 Å². The molecule has 3 heterocycles. The number of hydrogen-bond acceptors (Lipinski definition) is 4. The van der Waals surface area contributed by atoms with Gasteiger partial charge < -0.3 is 14.4 Å². The Labute approximate surface area is 145 Å². The van der Waals surface area contributed by atoms with E-state index in [2.05, 4.69) is 0 Å². The highest BCUT2D eigenvalue weighted by molar-refractivity contribution is 7.10. The molecule has 1 aromatic carbocycles. The van der Waals surface area contributed by atoms with Crippen LogP contribution in [0.25, 0.3) is 6.08 Å². The van der Waals surface area contributed by atoms with Crippen LogP contribution in [-0.4, -0.2) is 30.6 Å². The fourth-order valence-corrected chi connectivity index (χ4v) is 3.90. The smallest absolute Gasteiger partial charge is 0.247 e. The lowest BCUT2D eigenvalue weighted by Gasteiger charge is -2.26. The molecule has 4 nitrogen and oxygen atoms in total. The number of nitrogens with zero attached hydrogens (tertiary/aromatic N) is 1. The zero-order chi connectivity index (χ0) is 16.4. The normalized spacial score (nSPS) is 19.8. The first kappa shape index (κ1) is 15.3. The Bertz CT molecular complexity index is 754. The maximum Gasteiger partial charge on any atom is 0.247 e. The Morgan fingerprint density at radius 3 is 2.92 bits per heavy atom. The van der Waals surface area contributed by atoms with E-state index in [-0.39, 0.29) is 11.9 Å². The fourth-order valence-electron chi connectivity index (χ4n) is 3.28. The van der Waals surface area contributed by atoms with E-state index < -0.39 is 0 Å². The van der Waals surface area contributed by atoms with Gasteiger partial charge >= 0.3 is 0 Å². The van der Waals surface area contributed by atoms with Gasteiger partial charge in [-0.1, -0.05) is 12.1 Å². The molecule has 0 spiro atoms. The minimum absolute atomic E-state index is 0.0702. The largest absolute Gasteiger partial charge is 0.486 e. The third kappa shape index (κ3) is 3.04. The number of amides is 1. The SMILES string of the molecule is O=C(C=Cc1cccs1)N1CCCC1c1ccc2c(c1)OCCO2. The number of ether oxygens (including phenoxy) is 2. The maximum atomic E-state index is 12.6. The van der Waals surface area contributed by atoms with Crippen LogP contribution in [0.3, 0.4) is 0 Å². The van der Waals surface area contributed by atoms with E-state index in [0.717, 1.165) is 41.3 Å². The quantitative estimate of drug-likeness (QED) is 0.795. The summed E-state index contributed by atoms with van der Waals surface area (Å²) in [5, 5.41) is 2.01.